The van der Waals surface area contributed by atoms with Gasteiger partial charge in [0.1, 0.15) is 17.3 Å². The van der Waals surface area contributed by atoms with E-state index in [1.165, 1.54) is 30.5 Å². The smallest absolute Gasteiger partial charge is 0.257 e. The van der Waals surface area contributed by atoms with Crippen LogP contribution in [-0.4, -0.2) is 30.0 Å². The van der Waals surface area contributed by atoms with Crippen molar-refractivity contribution in [1.29, 1.82) is 5.41 Å². The second-order valence-electron chi connectivity index (χ2n) is 4.37. The van der Waals surface area contributed by atoms with Crippen LogP contribution in [0.4, 0.5) is 0 Å². The maximum atomic E-state index is 11.9. The van der Waals surface area contributed by atoms with E-state index in [-0.39, 0.29) is 23.3 Å². The molecule has 0 unspecified atom stereocenters. The lowest BCUT2D eigenvalue weighted by Crippen LogP contribution is -2.28. The van der Waals surface area contributed by atoms with Crippen molar-refractivity contribution in [2.75, 3.05) is 7.05 Å². The number of hydrogen-bond acceptors (Lipinski definition) is 5. The van der Waals surface area contributed by atoms with Gasteiger partial charge in [-0.1, -0.05) is 0 Å². The summed E-state index contributed by atoms with van der Waals surface area (Å²) < 4.78 is 5.44. The molecule has 1 rings (SSSR count). The highest BCUT2D eigenvalue weighted by Crippen LogP contribution is 2.22. The molecule has 0 aromatic heterocycles. The normalized spacial score (nSPS) is 10.6. The van der Waals surface area contributed by atoms with Crippen LogP contribution in [0.2, 0.25) is 0 Å². The predicted molar refractivity (Wildman–Crippen MR) is 77.3 cm³/mol. The van der Waals surface area contributed by atoms with Crippen molar-refractivity contribution in [3.63, 3.8) is 0 Å². The third-order valence-corrected chi connectivity index (χ3v) is 2.19. The molecule has 108 valence electrons. The van der Waals surface area contributed by atoms with Gasteiger partial charge in [-0.15, -0.1) is 0 Å². The van der Waals surface area contributed by atoms with Gasteiger partial charge in [-0.25, -0.2) is 0 Å². The molecule has 0 radical (unpaired) electrons. The molecule has 0 fully saturated rings. The van der Waals surface area contributed by atoms with Crippen molar-refractivity contribution < 1.29 is 14.6 Å². The fourth-order valence-electron chi connectivity index (χ4n) is 1.46. The van der Waals surface area contributed by atoms with Crippen LogP contribution >= 0.6 is 0 Å². The minimum atomic E-state index is -0.486. The molecule has 0 atom stereocenters. The lowest BCUT2D eigenvalue weighted by Gasteiger charge is -2.11. The first kappa shape index (κ1) is 15.6. The topological polar surface area (TPSA) is 94.4 Å². The third-order valence-electron chi connectivity index (χ3n) is 2.19. The summed E-state index contributed by atoms with van der Waals surface area (Å²) in [6.07, 6.45) is 2.87. The number of nitrogens with one attached hydrogen (secondary N) is 3. The maximum Gasteiger partial charge on any atom is 0.257 e. The molecule has 0 saturated heterocycles. The molecule has 6 nitrogen and oxygen atoms in total. The molecule has 0 saturated carbocycles. The second-order valence-corrected chi connectivity index (χ2v) is 4.37. The molecule has 0 bridgehead atoms. The predicted octanol–water partition coefficient (Wildman–Crippen LogP) is 1.62. The molecule has 1 aromatic carbocycles. The first-order valence-electron chi connectivity index (χ1n) is 6.16. The summed E-state index contributed by atoms with van der Waals surface area (Å²) in [5, 5.41) is 22.2. The molecule has 1 aromatic rings. The summed E-state index contributed by atoms with van der Waals surface area (Å²) in [4.78, 5) is 11.9. The summed E-state index contributed by atoms with van der Waals surface area (Å²) in [6, 6.07) is 4.27. The van der Waals surface area contributed by atoms with Gasteiger partial charge in [0.2, 0.25) is 0 Å². The Balaban J connectivity index is 2.84. The quantitative estimate of drug-likeness (QED) is 0.486. The second kappa shape index (κ2) is 7.18. The number of phenolic OH excluding ortho intramolecular Hbond substituents is 1. The Labute approximate surface area is 118 Å². The number of carbonyl (C=O) groups excluding carboxylic acids is 1. The van der Waals surface area contributed by atoms with Crippen molar-refractivity contribution >= 4 is 11.7 Å². The van der Waals surface area contributed by atoms with Crippen LogP contribution in [0.3, 0.4) is 0 Å². The molecular weight excluding hydrogens is 258 g/mol. The van der Waals surface area contributed by atoms with E-state index in [0.717, 1.165) is 0 Å². The monoisotopic (exact) mass is 277 g/mol. The number of ether oxygens (including phenoxy) is 1. The van der Waals surface area contributed by atoms with E-state index < -0.39 is 5.91 Å². The van der Waals surface area contributed by atoms with E-state index in [9.17, 15) is 9.90 Å². The van der Waals surface area contributed by atoms with Gasteiger partial charge < -0.3 is 20.5 Å². The lowest BCUT2D eigenvalue weighted by atomic mass is 10.2. The van der Waals surface area contributed by atoms with Gasteiger partial charge in [0.25, 0.3) is 5.91 Å². The first-order chi connectivity index (χ1) is 9.42. The van der Waals surface area contributed by atoms with Gasteiger partial charge in [-0.05, 0) is 38.3 Å². The van der Waals surface area contributed by atoms with E-state index >= 15 is 0 Å². The van der Waals surface area contributed by atoms with Crippen LogP contribution in [-0.2, 0) is 0 Å². The van der Waals surface area contributed by atoms with Crippen LogP contribution in [0, 0.1) is 5.41 Å². The minimum Gasteiger partial charge on any atom is -0.508 e. The van der Waals surface area contributed by atoms with Crippen LogP contribution in [0.15, 0.2) is 30.5 Å². The van der Waals surface area contributed by atoms with Crippen molar-refractivity contribution in [3.8, 4) is 11.5 Å². The molecule has 6 heteroatoms. The highest BCUT2D eigenvalue weighted by Gasteiger charge is 2.11. The number of amides is 1. The van der Waals surface area contributed by atoms with Crippen molar-refractivity contribution in [1.82, 2.24) is 10.6 Å². The summed E-state index contributed by atoms with van der Waals surface area (Å²) in [5.41, 5.74) is 0.225. The van der Waals surface area contributed by atoms with Crippen LogP contribution in [0.5, 0.6) is 11.5 Å². The highest BCUT2D eigenvalue weighted by molar-refractivity contribution is 6.09. The molecule has 0 spiro atoms. The average Bonchev–Trinajstić information content (AvgIpc) is 2.34. The van der Waals surface area contributed by atoms with Gasteiger partial charge in [0.05, 0.1) is 6.10 Å². The largest absolute Gasteiger partial charge is 0.508 e. The van der Waals surface area contributed by atoms with Gasteiger partial charge in [0.15, 0.2) is 0 Å². The third kappa shape index (κ3) is 5.01. The van der Waals surface area contributed by atoms with Gasteiger partial charge in [-0.3, -0.25) is 10.2 Å². The summed E-state index contributed by atoms with van der Waals surface area (Å²) >= 11 is 0. The molecule has 1 amide bonds. The maximum absolute atomic E-state index is 11.9. The number of phenols is 1. The van der Waals surface area contributed by atoms with Crippen molar-refractivity contribution in [3.05, 3.63) is 36.0 Å². The lowest BCUT2D eigenvalue weighted by molar-refractivity contribution is 0.0976. The van der Waals surface area contributed by atoms with Gasteiger partial charge in [0, 0.05) is 18.7 Å². The number of rotatable bonds is 5. The molecular formula is C14H19N3O3. The average molecular weight is 277 g/mol. The fraction of sp³-hybridized carbons (Fsp3) is 0.286. The Morgan fingerprint density at radius 3 is 2.70 bits per heavy atom. The Bertz CT molecular complexity index is 524. The molecule has 0 aliphatic rings. The van der Waals surface area contributed by atoms with E-state index in [2.05, 4.69) is 10.6 Å². The molecule has 0 heterocycles. The fourth-order valence-corrected chi connectivity index (χ4v) is 1.46. The Kier molecular flexibility index (Phi) is 5.58. The Morgan fingerprint density at radius 2 is 2.10 bits per heavy atom. The van der Waals surface area contributed by atoms with Gasteiger partial charge in [-0.2, -0.15) is 0 Å². The van der Waals surface area contributed by atoms with E-state index in [1.807, 2.05) is 13.8 Å². The zero-order valence-electron chi connectivity index (χ0n) is 11.7. The number of amidine groups is 1. The zero-order chi connectivity index (χ0) is 15.1. The zero-order valence-corrected chi connectivity index (χ0v) is 11.7. The molecule has 20 heavy (non-hydrogen) atoms. The van der Waals surface area contributed by atoms with Crippen LogP contribution < -0.4 is 15.4 Å². The minimum absolute atomic E-state index is 0.0565. The highest BCUT2D eigenvalue weighted by atomic mass is 16.5. The number of hydrogen-bond donors (Lipinski definition) is 4. The van der Waals surface area contributed by atoms with E-state index in [1.54, 1.807) is 7.05 Å². The number of benzene rings is 1. The first-order valence-corrected chi connectivity index (χ1v) is 6.16. The van der Waals surface area contributed by atoms with Crippen molar-refractivity contribution in [2.45, 2.75) is 20.0 Å². The number of aromatic hydroxyl groups is 1. The number of carbonyl (C=O) groups is 1. The van der Waals surface area contributed by atoms with Crippen molar-refractivity contribution in [2.24, 2.45) is 0 Å². The molecule has 0 aliphatic heterocycles. The van der Waals surface area contributed by atoms with E-state index in [4.69, 9.17) is 10.1 Å². The molecule has 0 aliphatic carbocycles. The Hall–Kier alpha value is -2.50. The van der Waals surface area contributed by atoms with Crippen LogP contribution in [0.25, 0.3) is 0 Å². The summed E-state index contributed by atoms with van der Waals surface area (Å²) in [7, 11) is 1.69. The summed E-state index contributed by atoms with van der Waals surface area (Å²) in [5.74, 6) is -0.202. The summed E-state index contributed by atoms with van der Waals surface area (Å²) in [6.45, 7) is 3.70. The molecule has 4 N–H and O–H groups in total. The standard InChI is InChI=1S/C14H19N3O3/c1-9(2)20-12-7-10(6-11(18)8-12)14(19)17-13(15)4-5-16-3/h4-9,16,18H,1-3H3,(H2,15,17,19)/b5-4-. The van der Waals surface area contributed by atoms with E-state index in [0.29, 0.717) is 5.75 Å². The van der Waals surface area contributed by atoms with Crippen LogP contribution in [0.1, 0.15) is 24.2 Å². The SMILES string of the molecule is CN/C=C\C(=N)NC(=O)c1cc(O)cc(OC(C)C)c1. The van der Waals surface area contributed by atoms with Gasteiger partial charge >= 0.3 is 0 Å². The Morgan fingerprint density at radius 1 is 1.40 bits per heavy atom.